The summed E-state index contributed by atoms with van der Waals surface area (Å²) in [4.78, 5) is 9.92. The third-order valence-electron chi connectivity index (χ3n) is 1.66. The van der Waals surface area contributed by atoms with Crippen molar-refractivity contribution in [3.8, 4) is 11.8 Å². The largest absolute Gasteiger partial charge is 0.330 e. The Morgan fingerprint density at radius 3 is 2.80 bits per heavy atom. The fraction of sp³-hybridized carbons (Fsp3) is 0.200. The molecule has 1 aromatic rings. The number of halogens is 1. The van der Waals surface area contributed by atoms with Crippen LogP contribution >= 0.6 is 11.6 Å². The van der Waals surface area contributed by atoms with Gasteiger partial charge >= 0.3 is 0 Å². The molecule has 0 heterocycles. The van der Waals surface area contributed by atoms with Gasteiger partial charge < -0.3 is 5.73 Å². The first-order valence-corrected chi connectivity index (χ1v) is 4.66. The Kier molecular flexibility index (Phi) is 4.10. The van der Waals surface area contributed by atoms with Gasteiger partial charge in [-0.2, -0.15) is 0 Å². The number of rotatable bonds is 2. The van der Waals surface area contributed by atoms with Crippen molar-refractivity contribution < 1.29 is 4.92 Å². The van der Waals surface area contributed by atoms with E-state index in [9.17, 15) is 10.1 Å². The van der Waals surface area contributed by atoms with Gasteiger partial charge in [0.25, 0.3) is 5.69 Å². The SMILES string of the molecule is NCCC#Cc1ccc([N+](=O)[O-])cc1Cl. The second-order valence-electron chi connectivity index (χ2n) is 2.76. The summed E-state index contributed by atoms with van der Waals surface area (Å²) in [6.07, 6.45) is 0.577. The Morgan fingerprint density at radius 1 is 1.53 bits per heavy atom. The van der Waals surface area contributed by atoms with Crippen molar-refractivity contribution in [3.05, 3.63) is 38.9 Å². The number of benzene rings is 1. The first kappa shape index (κ1) is 11.5. The highest BCUT2D eigenvalue weighted by Gasteiger charge is 2.07. The molecule has 0 aliphatic carbocycles. The molecule has 0 bridgehead atoms. The molecule has 0 aromatic heterocycles. The second kappa shape index (κ2) is 5.35. The van der Waals surface area contributed by atoms with Gasteiger partial charge in [0.05, 0.1) is 9.95 Å². The monoisotopic (exact) mass is 224 g/mol. The fourth-order valence-electron chi connectivity index (χ4n) is 0.949. The number of nitro groups is 1. The van der Waals surface area contributed by atoms with Crippen molar-refractivity contribution >= 4 is 17.3 Å². The molecule has 4 nitrogen and oxygen atoms in total. The smallest absolute Gasteiger partial charge is 0.271 e. The standard InChI is InChI=1S/C10H9ClN2O2/c11-10-7-9(13(14)15)5-4-8(10)3-1-2-6-12/h4-5,7H,2,6,12H2. The summed E-state index contributed by atoms with van der Waals surface area (Å²) in [5.41, 5.74) is 5.81. The molecule has 5 heteroatoms. The summed E-state index contributed by atoms with van der Waals surface area (Å²) in [6.45, 7) is 0.484. The lowest BCUT2D eigenvalue weighted by Crippen LogP contribution is -1.95. The van der Waals surface area contributed by atoms with Crippen molar-refractivity contribution in [3.63, 3.8) is 0 Å². The van der Waals surface area contributed by atoms with E-state index < -0.39 is 4.92 Å². The topological polar surface area (TPSA) is 69.2 Å². The van der Waals surface area contributed by atoms with Crippen LogP contribution in [0.2, 0.25) is 5.02 Å². The first-order valence-electron chi connectivity index (χ1n) is 4.28. The van der Waals surface area contributed by atoms with Crippen LogP contribution in [0.25, 0.3) is 0 Å². The van der Waals surface area contributed by atoms with Gasteiger partial charge in [-0.3, -0.25) is 10.1 Å². The molecule has 1 aromatic carbocycles. The zero-order valence-electron chi connectivity index (χ0n) is 7.87. The minimum absolute atomic E-state index is 0.0376. The lowest BCUT2D eigenvalue weighted by atomic mass is 10.2. The van der Waals surface area contributed by atoms with Crippen molar-refractivity contribution in [1.82, 2.24) is 0 Å². The Balaban J connectivity index is 2.95. The molecule has 0 aliphatic rings. The maximum absolute atomic E-state index is 10.4. The van der Waals surface area contributed by atoms with Crippen LogP contribution in [0.1, 0.15) is 12.0 Å². The van der Waals surface area contributed by atoms with Gasteiger partial charge in [0.1, 0.15) is 0 Å². The second-order valence-corrected chi connectivity index (χ2v) is 3.17. The normalized spacial score (nSPS) is 9.20. The molecule has 0 spiro atoms. The Labute approximate surface area is 92.2 Å². The Bertz CT molecular complexity index is 435. The van der Waals surface area contributed by atoms with Crippen LogP contribution in [-0.2, 0) is 0 Å². The van der Waals surface area contributed by atoms with Crippen LogP contribution in [0, 0.1) is 22.0 Å². The summed E-state index contributed by atoms with van der Waals surface area (Å²) in [5.74, 6) is 5.61. The number of hydrogen-bond acceptors (Lipinski definition) is 3. The van der Waals surface area contributed by atoms with E-state index >= 15 is 0 Å². The highest BCUT2D eigenvalue weighted by molar-refractivity contribution is 6.32. The molecule has 1 rings (SSSR count). The molecule has 0 amide bonds. The average Bonchev–Trinajstić information content (AvgIpc) is 2.20. The van der Waals surface area contributed by atoms with E-state index in [0.29, 0.717) is 18.5 Å². The minimum atomic E-state index is -0.497. The molecule has 0 saturated heterocycles. The lowest BCUT2D eigenvalue weighted by Gasteiger charge is -1.95. The van der Waals surface area contributed by atoms with Crippen LogP contribution in [0.5, 0.6) is 0 Å². The van der Waals surface area contributed by atoms with Crippen LogP contribution in [0.3, 0.4) is 0 Å². The maximum Gasteiger partial charge on any atom is 0.271 e. The Hall–Kier alpha value is -1.57. The van der Waals surface area contributed by atoms with Gasteiger partial charge in [0.2, 0.25) is 0 Å². The molecular formula is C10H9ClN2O2. The number of nitrogens with two attached hydrogens (primary N) is 1. The minimum Gasteiger partial charge on any atom is -0.330 e. The van der Waals surface area contributed by atoms with Gasteiger partial charge in [0.15, 0.2) is 0 Å². The summed E-state index contributed by atoms with van der Waals surface area (Å²) in [5, 5.41) is 10.7. The molecule has 0 radical (unpaired) electrons. The van der Waals surface area contributed by atoms with Crippen LogP contribution in [0.15, 0.2) is 18.2 Å². The summed E-state index contributed by atoms with van der Waals surface area (Å²) in [6, 6.07) is 4.19. The van der Waals surface area contributed by atoms with Crippen LogP contribution in [-0.4, -0.2) is 11.5 Å². The third kappa shape index (κ3) is 3.24. The number of nitrogens with zero attached hydrogens (tertiary/aromatic N) is 1. The van der Waals surface area contributed by atoms with Crippen molar-refractivity contribution in [2.24, 2.45) is 5.73 Å². The molecule has 0 unspecified atom stereocenters. The van der Waals surface area contributed by atoms with Crippen LogP contribution < -0.4 is 5.73 Å². The highest BCUT2D eigenvalue weighted by atomic mass is 35.5. The first-order chi connectivity index (χ1) is 7.15. The highest BCUT2D eigenvalue weighted by Crippen LogP contribution is 2.21. The molecule has 0 atom stereocenters. The number of non-ortho nitro benzene ring substituents is 1. The van der Waals surface area contributed by atoms with Crippen molar-refractivity contribution in [2.75, 3.05) is 6.54 Å². The van der Waals surface area contributed by atoms with E-state index in [-0.39, 0.29) is 10.7 Å². The molecule has 2 N–H and O–H groups in total. The van der Waals surface area contributed by atoms with Gasteiger partial charge in [-0.1, -0.05) is 23.4 Å². The molecule has 0 aliphatic heterocycles. The van der Waals surface area contributed by atoms with E-state index in [1.807, 2.05) is 0 Å². The number of hydrogen-bond donors (Lipinski definition) is 1. The predicted molar refractivity (Wildman–Crippen MR) is 58.7 cm³/mol. The zero-order valence-corrected chi connectivity index (χ0v) is 8.62. The number of nitro benzene ring substituents is 1. The summed E-state index contributed by atoms with van der Waals surface area (Å²) >= 11 is 5.81. The molecule has 78 valence electrons. The van der Waals surface area contributed by atoms with Gasteiger partial charge in [0, 0.05) is 30.7 Å². The van der Waals surface area contributed by atoms with Gasteiger partial charge in [-0.15, -0.1) is 0 Å². The van der Waals surface area contributed by atoms with E-state index in [0.717, 1.165) is 0 Å². The van der Waals surface area contributed by atoms with Gasteiger partial charge in [-0.25, -0.2) is 0 Å². The predicted octanol–water partition coefficient (Wildman–Crippen LogP) is 1.95. The van der Waals surface area contributed by atoms with E-state index in [1.54, 1.807) is 0 Å². The van der Waals surface area contributed by atoms with Crippen molar-refractivity contribution in [1.29, 1.82) is 0 Å². The summed E-state index contributed by atoms with van der Waals surface area (Å²) < 4.78 is 0. The fourth-order valence-corrected chi connectivity index (χ4v) is 1.17. The Morgan fingerprint density at radius 2 is 2.27 bits per heavy atom. The average molecular weight is 225 g/mol. The zero-order chi connectivity index (χ0) is 11.3. The lowest BCUT2D eigenvalue weighted by molar-refractivity contribution is -0.384. The van der Waals surface area contributed by atoms with E-state index in [2.05, 4.69) is 11.8 Å². The van der Waals surface area contributed by atoms with Crippen molar-refractivity contribution in [2.45, 2.75) is 6.42 Å². The van der Waals surface area contributed by atoms with E-state index in [1.165, 1.54) is 18.2 Å². The molecule has 0 saturated carbocycles. The van der Waals surface area contributed by atoms with E-state index in [4.69, 9.17) is 17.3 Å². The summed E-state index contributed by atoms with van der Waals surface area (Å²) in [7, 11) is 0. The molecule has 0 fully saturated rings. The van der Waals surface area contributed by atoms with Gasteiger partial charge in [-0.05, 0) is 6.07 Å². The van der Waals surface area contributed by atoms with Crippen LogP contribution in [0.4, 0.5) is 5.69 Å². The quantitative estimate of drug-likeness (QED) is 0.474. The molecular weight excluding hydrogens is 216 g/mol. The molecule has 15 heavy (non-hydrogen) atoms. The maximum atomic E-state index is 10.4. The third-order valence-corrected chi connectivity index (χ3v) is 1.97.